The molecule has 10 nitrogen and oxygen atoms in total. The fourth-order valence-corrected chi connectivity index (χ4v) is 6.01. The van der Waals surface area contributed by atoms with E-state index in [1.54, 1.807) is 22.1 Å². The molecule has 192 valence electrons. The summed E-state index contributed by atoms with van der Waals surface area (Å²) in [5.74, 6) is 1.12. The maximum atomic E-state index is 13.5. The lowest BCUT2D eigenvalue weighted by molar-refractivity contribution is 0.0794. The molecule has 38 heavy (non-hydrogen) atoms. The average molecular weight is 530 g/mol. The molecule has 0 bridgehead atoms. The van der Waals surface area contributed by atoms with Crippen molar-refractivity contribution in [2.45, 2.75) is 19.4 Å². The van der Waals surface area contributed by atoms with Crippen LogP contribution in [0.5, 0.6) is 11.5 Å². The first-order chi connectivity index (χ1) is 18.4. The van der Waals surface area contributed by atoms with Gasteiger partial charge < -0.3 is 25.4 Å². The van der Waals surface area contributed by atoms with Gasteiger partial charge in [-0.1, -0.05) is 18.2 Å². The van der Waals surface area contributed by atoms with Gasteiger partial charge in [-0.25, -0.2) is 14.6 Å². The standard InChI is InChI=1S/C27H23N5O5S/c1-15-13-18(37-17-5-3-2-4-6-17)7-8-19(15)32-20-9-11-28-24-21(20)22(30-26(32)34)23(38-24)25(33)31-12-10-16(14-31)29-27(35)36/h2-9,11,13,16,29H,10,12,14H2,1H3,(H,30,34)(H,35,36). The van der Waals surface area contributed by atoms with Gasteiger partial charge in [0, 0.05) is 19.3 Å². The van der Waals surface area contributed by atoms with Gasteiger partial charge in [0.25, 0.3) is 5.91 Å². The molecule has 4 heterocycles. The minimum Gasteiger partial charge on any atom is -0.465 e. The highest BCUT2D eigenvalue weighted by atomic mass is 32.1. The maximum Gasteiger partial charge on any atom is 0.404 e. The van der Waals surface area contributed by atoms with Crippen LogP contribution in [-0.4, -0.2) is 52.2 Å². The van der Waals surface area contributed by atoms with E-state index in [-0.39, 0.29) is 24.5 Å². The molecule has 4 amide bonds. The zero-order valence-corrected chi connectivity index (χ0v) is 21.1. The Bertz CT molecular complexity index is 1590. The van der Waals surface area contributed by atoms with Crippen LogP contribution >= 0.6 is 11.3 Å². The Morgan fingerprint density at radius 2 is 1.95 bits per heavy atom. The summed E-state index contributed by atoms with van der Waals surface area (Å²) in [6.07, 6.45) is 1.05. The summed E-state index contributed by atoms with van der Waals surface area (Å²) in [7, 11) is 0. The summed E-state index contributed by atoms with van der Waals surface area (Å²) in [6, 6.07) is 16.0. The van der Waals surface area contributed by atoms with E-state index in [0.29, 0.717) is 50.9 Å². The third kappa shape index (κ3) is 4.16. The van der Waals surface area contributed by atoms with E-state index in [4.69, 9.17) is 9.84 Å². The van der Waals surface area contributed by atoms with Crippen molar-refractivity contribution >= 4 is 56.6 Å². The number of ether oxygens (including phenoxy) is 1. The van der Waals surface area contributed by atoms with Crippen LogP contribution in [0.25, 0.3) is 10.2 Å². The molecule has 0 aliphatic carbocycles. The Hall–Kier alpha value is -4.64. The van der Waals surface area contributed by atoms with Gasteiger partial charge in [0.15, 0.2) is 0 Å². The number of rotatable bonds is 5. The number of carbonyl (C=O) groups is 3. The van der Waals surface area contributed by atoms with Crippen LogP contribution in [0.2, 0.25) is 0 Å². The summed E-state index contributed by atoms with van der Waals surface area (Å²) in [6.45, 7) is 2.61. The molecule has 0 radical (unpaired) electrons. The van der Waals surface area contributed by atoms with Gasteiger partial charge in [0.05, 0.1) is 28.5 Å². The van der Waals surface area contributed by atoms with E-state index >= 15 is 0 Å². The molecular formula is C27H23N5O5S. The first-order valence-electron chi connectivity index (χ1n) is 12.0. The molecule has 2 aliphatic rings. The number of anilines is 3. The number of aromatic nitrogens is 1. The number of thiophene rings is 1. The predicted octanol–water partition coefficient (Wildman–Crippen LogP) is 5.56. The number of benzene rings is 2. The highest BCUT2D eigenvalue weighted by molar-refractivity contribution is 7.21. The van der Waals surface area contributed by atoms with Crippen LogP contribution in [0, 0.1) is 6.92 Å². The fourth-order valence-electron chi connectivity index (χ4n) is 4.92. The van der Waals surface area contributed by atoms with Gasteiger partial charge in [-0.3, -0.25) is 9.69 Å². The van der Waals surface area contributed by atoms with Crippen molar-refractivity contribution in [1.29, 1.82) is 0 Å². The van der Waals surface area contributed by atoms with Crippen molar-refractivity contribution in [2.75, 3.05) is 23.3 Å². The number of urea groups is 1. The molecule has 2 aliphatic heterocycles. The van der Waals surface area contributed by atoms with Crippen LogP contribution < -0.4 is 20.3 Å². The molecule has 1 fully saturated rings. The van der Waals surface area contributed by atoms with Gasteiger partial charge >= 0.3 is 12.1 Å². The van der Waals surface area contributed by atoms with Crippen molar-refractivity contribution < 1.29 is 24.2 Å². The van der Waals surface area contributed by atoms with Gasteiger partial charge in [-0.05, 0) is 55.3 Å². The molecule has 2 aromatic heterocycles. The quantitative estimate of drug-likeness (QED) is 0.311. The summed E-state index contributed by atoms with van der Waals surface area (Å²) in [5, 5.41) is 15.1. The first kappa shape index (κ1) is 23.7. The summed E-state index contributed by atoms with van der Waals surface area (Å²) in [5.41, 5.74) is 2.59. The van der Waals surface area contributed by atoms with Crippen LogP contribution in [0.3, 0.4) is 0 Å². The van der Waals surface area contributed by atoms with Gasteiger partial charge in [0.2, 0.25) is 0 Å². The van der Waals surface area contributed by atoms with Crippen molar-refractivity contribution in [2.24, 2.45) is 0 Å². The van der Waals surface area contributed by atoms with E-state index in [2.05, 4.69) is 15.6 Å². The predicted molar refractivity (Wildman–Crippen MR) is 144 cm³/mol. The van der Waals surface area contributed by atoms with Crippen molar-refractivity contribution in [3.8, 4) is 11.5 Å². The highest BCUT2D eigenvalue weighted by Gasteiger charge is 2.36. The molecule has 1 atom stereocenters. The van der Waals surface area contributed by atoms with E-state index < -0.39 is 6.09 Å². The number of hydrogen-bond acceptors (Lipinski definition) is 6. The fraction of sp³-hybridized carbons (Fsp3) is 0.185. The van der Waals surface area contributed by atoms with Crippen LogP contribution in [0.15, 0.2) is 60.8 Å². The lowest BCUT2D eigenvalue weighted by Gasteiger charge is -2.30. The largest absolute Gasteiger partial charge is 0.465 e. The molecule has 3 N–H and O–H groups in total. The number of para-hydroxylation sites is 1. The smallest absolute Gasteiger partial charge is 0.404 e. The molecule has 6 rings (SSSR count). The van der Waals surface area contributed by atoms with Crippen LogP contribution in [0.1, 0.15) is 21.7 Å². The maximum absolute atomic E-state index is 13.5. The number of nitrogens with zero attached hydrogens (tertiary/aromatic N) is 3. The van der Waals surface area contributed by atoms with Crippen molar-refractivity contribution in [1.82, 2.24) is 15.2 Å². The minimum absolute atomic E-state index is 0.254. The van der Waals surface area contributed by atoms with E-state index in [0.717, 1.165) is 11.3 Å². The summed E-state index contributed by atoms with van der Waals surface area (Å²) in [4.78, 5) is 46.5. The minimum atomic E-state index is -1.11. The number of pyridine rings is 1. The summed E-state index contributed by atoms with van der Waals surface area (Å²) < 4.78 is 5.94. The SMILES string of the molecule is Cc1cc(Oc2ccccc2)ccc1N1C(=O)Nc2c(C(=O)N3CCC(NC(=O)O)C3)sc3nccc1c23. The molecule has 0 saturated carbocycles. The lowest BCUT2D eigenvalue weighted by Crippen LogP contribution is -2.38. The second-order valence-electron chi connectivity index (χ2n) is 9.13. The van der Waals surface area contributed by atoms with E-state index in [1.807, 2.05) is 55.5 Å². The normalized spacial score (nSPS) is 16.4. The number of hydrogen-bond donors (Lipinski definition) is 3. The lowest BCUT2D eigenvalue weighted by atomic mass is 10.1. The second kappa shape index (κ2) is 9.34. The Kier molecular flexibility index (Phi) is 5.84. The molecule has 11 heteroatoms. The number of carboxylic acid groups (broad SMARTS) is 1. The Morgan fingerprint density at radius 1 is 1.13 bits per heavy atom. The van der Waals surface area contributed by atoms with Crippen LogP contribution in [0.4, 0.5) is 26.7 Å². The third-order valence-electron chi connectivity index (χ3n) is 6.63. The monoisotopic (exact) mass is 529 g/mol. The topological polar surface area (TPSA) is 124 Å². The Balaban J connectivity index is 1.33. The number of likely N-dealkylation sites (tertiary alicyclic amines) is 1. The molecule has 1 unspecified atom stereocenters. The third-order valence-corrected chi connectivity index (χ3v) is 7.72. The number of amides is 4. The molecule has 4 aromatic rings. The second-order valence-corrected chi connectivity index (χ2v) is 10.1. The number of aryl methyl sites for hydroxylation is 1. The summed E-state index contributed by atoms with van der Waals surface area (Å²) >= 11 is 1.22. The number of nitrogens with one attached hydrogen (secondary N) is 2. The zero-order valence-electron chi connectivity index (χ0n) is 20.3. The highest BCUT2D eigenvalue weighted by Crippen LogP contribution is 2.47. The molecule has 1 saturated heterocycles. The molecule has 2 aromatic carbocycles. The van der Waals surface area contributed by atoms with E-state index in [1.165, 1.54) is 11.3 Å². The van der Waals surface area contributed by atoms with Crippen molar-refractivity contribution in [3.63, 3.8) is 0 Å². The van der Waals surface area contributed by atoms with Crippen LogP contribution in [-0.2, 0) is 0 Å². The number of carbonyl (C=O) groups excluding carboxylic acids is 2. The van der Waals surface area contributed by atoms with Gasteiger partial charge in [0.1, 0.15) is 21.2 Å². The Morgan fingerprint density at radius 3 is 2.71 bits per heavy atom. The Labute approximate surface area is 221 Å². The van der Waals surface area contributed by atoms with E-state index in [9.17, 15) is 14.4 Å². The first-order valence-corrected chi connectivity index (χ1v) is 12.9. The van der Waals surface area contributed by atoms with Crippen molar-refractivity contribution in [3.05, 3.63) is 71.2 Å². The molecule has 0 spiro atoms. The average Bonchev–Trinajstić information content (AvgIpc) is 3.50. The van der Waals surface area contributed by atoms with Gasteiger partial charge in [-0.15, -0.1) is 11.3 Å². The molecular weight excluding hydrogens is 506 g/mol. The van der Waals surface area contributed by atoms with Gasteiger partial charge in [-0.2, -0.15) is 0 Å². The zero-order chi connectivity index (χ0) is 26.4.